The highest BCUT2D eigenvalue weighted by Gasteiger charge is 2.36. The van der Waals surface area contributed by atoms with Gasteiger partial charge in [0, 0.05) is 5.75 Å². The molecule has 0 saturated heterocycles. The quantitative estimate of drug-likeness (QED) is 0.560. The van der Waals surface area contributed by atoms with Gasteiger partial charge in [-0.25, -0.2) is 0 Å². The maximum Gasteiger partial charge on any atom is 0.00281 e. The molecular formula is C9H14S. The van der Waals surface area contributed by atoms with Crippen molar-refractivity contribution in [2.24, 2.45) is 5.41 Å². The van der Waals surface area contributed by atoms with E-state index in [1.54, 1.807) is 0 Å². The molecule has 0 aromatic heterocycles. The fourth-order valence-corrected chi connectivity index (χ4v) is 1.73. The van der Waals surface area contributed by atoms with Crippen molar-refractivity contribution in [1.82, 2.24) is 0 Å². The first-order valence-electron chi connectivity index (χ1n) is 3.66. The summed E-state index contributed by atoms with van der Waals surface area (Å²) in [6, 6.07) is 0. The van der Waals surface area contributed by atoms with Crippen LogP contribution in [0.2, 0.25) is 0 Å². The van der Waals surface area contributed by atoms with E-state index < -0.39 is 0 Å². The van der Waals surface area contributed by atoms with Gasteiger partial charge in [0.15, 0.2) is 0 Å². The molecule has 0 N–H and O–H groups in total. The molecule has 1 aliphatic rings. The number of rotatable bonds is 4. The first-order chi connectivity index (χ1) is 4.77. The number of allylic oxidation sites excluding steroid dienone is 2. The Labute approximate surface area is 67.4 Å². The normalized spacial score (nSPS) is 21.3. The summed E-state index contributed by atoms with van der Waals surface area (Å²) in [6.45, 7) is 5.96. The second-order valence-corrected chi connectivity index (χ2v) is 4.08. The molecule has 1 rings (SSSR count). The molecule has 0 heterocycles. The third-order valence-corrected chi connectivity index (χ3v) is 3.06. The van der Waals surface area contributed by atoms with Crippen LogP contribution in [0.1, 0.15) is 19.8 Å². The Hall–Kier alpha value is -0.170. The zero-order chi connectivity index (χ0) is 7.45. The summed E-state index contributed by atoms with van der Waals surface area (Å²) in [6.07, 6.45) is 6.66. The Kier molecular flexibility index (Phi) is 2.61. The molecule has 1 saturated carbocycles. The molecule has 0 aliphatic heterocycles. The van der Waals surface area contributed by atoms with Gasteiger partial charge in [0.2, 0.25) is 0 Å². The lowest BCUT2D eigenvalue weighted by Crippen LogP contribution is -1.94. The van der Waals surface area contributed by atoms with Gasteiger partial charge in [0.1, 0.15) is 0 Å². The van der Waals surface area contributed by atoms with E-state index in [-0.39, 0.29) is 0 Å². The SMILES string of the molecule is C=C/C=C\SCC1(C)CC1. The first-order valence-corrected chi connectivity index (χ1v) is 4.71. The van der Waals surface area contributed by atoms with E-state index in [0.29, 0.717) is 5.41 Å². The Morgan fingerprint density at radius 3 is 2.80 bits per heavy atom. The van der Waals surface area contributed by atoms with Gasteiger partial charge in [0.05, 0.1) is 0 Å². The van der Waals surface area contributed by atoms with Crippen molar-refractivity contribution in [2.75, 3.05) is 5.75 Å². The molecule has 1 aliphatic carbocycles. The van der Waals surface area contributed by atoms with Crippen LogP contribution in [-0.2, 0) is 0 Å². The van der Waals surface area contributed by atoms with Gasteiger partial charge in [-0.2, -0.15) is 0 Å². The smallest absolute Gasteiger partial charge is 0.00281 e. The van der Waals surface area contributed by atoms with Crippen molar-refractivity contribution in [2.45, 2.75) is 19.8 Å². The standard InChI is InChI=1S/C9H14S/c1-3-4-7-10-8-9(2)5-6-9/h3-4,7H,1,5-6,8H2,2H3/b7-4-. The van der Waals surface area contributed by atoms with E-state index >= 15 is 0 Å². The summed E-state index contributed by atoms with van der Waals surface area (Å²) in [5, 5.41) is 2.12. The summed E-state index contributed by atoms with van der Waals surface area (Å²) in [7, 11) is 0. The molecular weight excluding hydrogens is 140 g/mol. The lowest BCUT2D eigenvalue weighted by Gasteiger charge is -2.02. The maximum atomic E-state index is 3.61. The Morgan fingerprint density at radius 1 is 1.60 bits per heavy atom. The van der Waals surface area contributed by atoms with E-state index in [4.69, 9.17) is 0 Å². The van der Waals surface area contributed by atoms with E-state index in [0.717, 1.165) is 0 Å². The molecule has 0 aromatic rings. The van der Waals surface area contributed by atoms with Crippen LogP contribution in [-0.4, -0.2) is 5.75 Å². The van der Waals surface area contributed by atoms with Gasteiger partial charge in [-0.15, -0.1) is 11.8 Å². The van der Waals surface area contributed by atoms with Crippen LogP contribution in [0.5, 0.6) is 0 Å². The third-order valence-electron chi connectivity index (χ3n) is 1.85. The molecule has 0 spiro atoms. The molecule has 10 heavy (non-hydrogen) atoms. The predicted octanol–water partition coefficient (Wildman–Crippen LogP) is 3.22. The average Bonchev–Trinajstić information content (AvgIpc) is 2.62. The van der Waals surface area contributed by atoms with Crippen molar-refractivity contribution < 1.29 is 0 Å². The molecule has 56 valence electrons. The van der Waals surface area contributed by atoms with E-state index in [9.17, 15) is 0 Å². The van der Waals surface area contributed by atoms with Gasteiger partial charge in [-0.3, -0.25) is 0 Å². The molecule has 0 amide bonds. The van der Waals surface area contributed by atoms with Crippen molar-refractivity contribution >= 4 is 11.8 Å². The van der Waals surface area contributed by atoms with Gasteiger partial charge in [-0.1, -0.05) is 25.7 Å². The number of hydrogen-bond acceptors (Lipinski definition) is 1. The molecule has 1 heteroatoms. The van der Waals surface area contributed by atoms with Crippen LogP contribution in [0.4, 0.5) is 0 Å². The minimum atomic E-state index is 0.677. The fourth-order valence-electron chi connectivity index (χ4n) is 0.718. The average molecular weight is 154 g/mol. The molecule has 0 bridgehead atoms. The molecule has 0 aromatic carbocycles. The summed E-state index contributed by atoms with van der Waals surface area (Å²) in [5.74, 6) is 1.28. The minimum Gasteiger partial charge on any atom is -0.134 e. The van der Waals surface area contributed by atoms with Crippen LogP contribution in [0.15, 0.2) is 24.1 Å². The third kappa shape index (κ3) is 2.61. The van der Waals surface area contributed by atoms with E-state index in [1.807, 2.05) is 23.9 Å². The second kappa shape index (κ2) is 3.29. The van der Waals surface area contributed by atoms with E-state index in [2.05, 4.69) is 18.9 Å². The van der Waals surface area contributed by atoms with Crippen LogP contribution in [0.3, 0.4) is 0 Å². The number of thioether (sulfide) groups is 1. The zero-order valence-corrected chi connectivity index (χ0v) is 7.29. The summed E-state index contributed by atoms with van der Waals surface area (Å²) >= 11 is 1.90. The largest absolute Gasteiger partial charge is 0.134 e. The van der Waals surface area contributed by atoms with Crippen LogP contribution < -0.4 is 0 Å². The van der Waals surface area contributed by atoms with Crippen molar-refractivity contribution in [3.8, 4) is 0 Å². The highest BCUT2D eigenvalue weighted by Crippen LogP contribution is 2.47. The monoisotopic (exact) mass is 154 g/mol. The molecule has 0 nitrogen and oxygen atoms in total. The van der Waals surface area contributed by atoms with Gasteiger partial charge < -0.3 is 0 Å². The molecule has 1 fully saturated rings. The Balaban J connectivity index is 2.05. The van der Waals surface area contributed by atoms with Gasteiger partial charge in [-0.05, 0) is 23.7 Å². The highest BCUT2D eigenvalue weighted by atomic mass is 32.2. The summed E-state index contributed by atoms with van der Waals surface area (Å²) < 4.78 is 0. The predicted molar refractivity (Wildman–Crippen MR) is 49.1 cm³/mol. The topological polar surface area (TPSA) is 0 Å². The molecule has 0 unspecified atom stereocenters. The maximum absolute atomic E-state index is 3.61. The van der Waals surface area contributed by atoms with Crippen LogP contribution in [0.25, 0.3) is 0 Å². The molecule has 0 atom stereocenters. The first kappa shape index (κ1) is 7.93. The lowest BCUT2D eigenvalue weighted by molar-refractivity contribution is 0.667. The fraction of sp³-hybridized carbons (Fsp3) is 0.556. The zero-order valence-electron chi connectivity index (χ0n) is 6.47. The second-order valence-electron chi connectivity index (χ2n) is 3.19. The lowest BCUT2D eigenvalue weighted by atomic mass is 10.2. The summed E-state index contributed by atoms with van der Waals surface area (Å²) in [5.41, 5.74) is 0.677. The van der Waals surface area contributed by atoms with Crippen molar-refractivity contribution in [3.05, 3.63) is 24.1 Å². The van der Waals surface area contributed by atoms with Gasteiger partial charge in [0.25, 0.3) is 0 Å². The van der Waals surface area contributed by atoms with Crippen molar-refractivity contribution in [3.63, 3.8) is 0 Å². The Morgan fingerprint density at radius 2 is 2.30 bits per heavy atom. The number of hydrogen-bond donors (Lipinski definition) is 0. The summed E-state index contributed by atoms with van der Waals surface area (Å²) in [4.78, 5) is 0. The van der Waals surface area contributed by atoms with Gasteiger partial charge >= 0.3 is 0 Å². The minimum absolute atomic E-state index is 0.677. The molecule has 0 radical (unpaired) electrons. The van der Waals surface area contributed by atoms with Crippen molar-refractivity contribution in [1.29, 1.82) is 0 Å². The highest BCUT2D eigenvalue weighted by molar-refractivity contribution is 8.02. The van der Waals surface area contributed by atoms with Crippen LogP contribution in [0, 0.1) is 5.41 Å². The Bertz CT molecular complexity index is 143. The van der Waals surface area contributed by atoms with Crippen LogP contribution >= 0.6 is 11.8 Å². The van der Waals surface area contributed by atoms with E-state index in [1.165, 1.54) is 18.6 Å².